The molecule has 0 aliphatic rings. The highest BCUT2D eigenvalue weighted by Gasteiger charge is 2.19. The van der Waals surface area contributed by atoms with Crippen molar-refractivity contribution >= 4 is 15.9 Å². The zero-order chi connectivity index (χ0) is 19.4. The van der Waals surface area contributed by atoms with E-state index in [1.807, 2.05) is 37.3 Å². The normalized spacial score (nSPS) is 13.2. The van der Waals surface area contributed by atoms with Gasteiger partial charge in [-0.1, -0.05) is 63.2 Å². The third kappa shape index (κ3) is 5.41. The Balaban J connectivity index is 1.96. The van der Waals surface area contributed by atoms with E-state index in [0.717, 1.165) is 11.1 Å². The van der Waals surface area contributed by atoms with Crippen molar-refractivity contribution in [2.75, 3.05) is 6.54 Å². The molecule has 0 aliphatic carbocycles. The number of hydrogen-bond donors (Lipinski definition) is 2. The number of rotatable bonds is 6. The SMILES string of the molecule is CC(NC(=O)CNS(=O)(=O)c1ccc(C(C)(C)C)cc1)c1ccccc1. The molecule has 0 heterocycles. The van der Waals surface area contributed by atoms with Crippen molar-refractivity contribution in [3.05, 3.63) is 65.7 Å². The molecule has 2 rings (SSSR count). The molecule has 0 saturated heterocycles. The van der Waals surface area contributed by atoms with Gasteiger partial charge in [0, 0.05) is 0 Å². The molecule has 1 atom stereocenters. The minimum atomic E-state index is -3.73. The van der Waals surface area contributed by atoms with Crippen molar-refractivity contribution in [1.82, 2.24) is 10.0 Å². The highest BCUT2D eigenvalue weighted by Crippen LogP contribution is 2.23. The maximum Gasteiger partial charge on any atom is 0.241 e. The minimum Gasteiger partial charge on any atom is -0.348 e. The van der Waals surface area contributed by atoms with Crippen LogP contribution >= 0.6 is 0 Å². The van der Waals surface area contributed by atoms with E-state index in [-0.39, 0.29) is 28.8 Å². The van der Waals surface area contributed by atoms with Crippen LogP contribution in [0.25, 0.3) is 0 Å². The van der Waals surface area contributed by atoms with E-state index in [1.165, 1.54) is 0 Å². The van der Waals surface area contributed by atoms with Gasteiger partial charge >= 0.3 is 0 Å². The van der Waals surface area contributed by atoms with Gasteiger partial charge in [-0.25, -0.2) is 13.1 Å². The van der Waals surface area contributed by atoms with E-state index in [0.29, 0.717) is 0 Å². The fourth-order valence-corrected chi connectivity index (χ4v) is 3.48. The molecule has 0 saturated carbocycles. The fourth-order valence-electron chi connectivity index (χ4n) is 2.50. The summed E-state index contributed by atoms with van der Waals surface area (Å²) in [6, 6.07) is 16.0. The number of nitrogens with one attached hydrogen (secondary N) is 2. The third-order valence-corrected chi connectivity index (χ3v) is 5.55. The Hall–Kier alpha value is -2.18. The zero-order valence-electron chi connectivity index (χ0n) is 15.6. The summed E-state index contributed by atoms with van der Waals surface area (Å²) in [6.07, 6.45) is 0. The Kier molecular flexibility index (Phi) is 6.21. The number of benzene rings is 2. The lowest BCUT2D eigenvalue weighted by molar-refractivity contribution is -0.120. The van der Waals surface area contributed by atoms with E-state index in [4.69, 9.17) is 0 Å². The molecular formula is C20H26N2O3S. The molecule has 2 N–H and O–H groups in total. The molecule has 2 aromatic carbocycles. The van der Waals surface area contributed by atoms with E-state index in [2.05, 4.69) is 30.8 Å². The van der Waals surface area contributed by atoms with Gasteiger partial charge in [-0.15, -0.1) is 0 Å². The van der Waals surface area contributed by atoms with Crippen LogP contribution in [0.2, 0.25) is 0 Å². The van der Waals surface area contributed by atoms with Crippen molar-refractivity contribution < 1.29 is 13.2 Å². The van der Waals surface area contributed by atoms with Crippen molar-refractivity contribution in [1.29, 1.82) is 0 Å². The molecule has 1 unspecified atom stereocenters. The van der Waals surface area contributed by atoms with Gasteiger partial charge in [-0.05, 0) is 35.6 Å². The van der Waals surface area contributed by atoms with Crippen molar-refractivity contribution in [2.45, 2.75) is 44.0 Å². The van der Waals surface area contributed by atoms with E-state index in [1.54, 1.807) is 24.3 Å². The van der Waals surface area contributed by atoms with E-state index >= 15 is 0 Å². The van der Waals surface area contributed by atoms with E-state index in [9.17, 15) is 13.2 Å². The Morgan fingerprint density at radius 3 is 2.12 bits per heavy atom. The molecule has 0 aliphatic heterocycles. The molecule has 0 radical (unpaired) electrons. The maximum absolute atomic E-state index is 12.4. The van der Waals surface area contributed by atoms with Gasteiger partial charge in [-0.2, -0.15) is 0 Å². The van der Waals surface area contributed by atoms with Gasteiger partial charge in [0.1, 0.15) is 0 Å². The largest absolute Gasteiger partial charge is 0.348 e. The summed E-state index contributed by atoms with van der Waals surface area (Å²) < 4.78 is 27.1. The van der Waals surface area contributed by atoms with Crippen molar-refractivity contribution in [3.63, 3.8) is 0 Å². The monoisotopic (exact) mass is 374 g/mol. The molecule has 0 fully saturated rings. The van der Waals surface area contributed by atoms with Gasteiger partial charge in [0.25, 0.3) is 0 Å². The first-order chi connectivity index (χ1) is 12.1. The quantitative estimate of drug-likeness (QED) is 0.816. The van der Waals surface area contributed by atoms with Crippen molar-refractivity contribution in [2.24, 2.45) is 0 Å². The Bertz CT molecular complexity index is 839. The second-order valence-electron chi connectivity index (χ2n) is 7.30. The van der Waals surface area contributed by atoms with Gasteiger partial charge in [0.2, 0.25) is 15.9 Å². The topological polar surface area (TPSA) is 75.3 Å². The molecule has 5 nitrogen and oxygen atoms in total. The first kappa shape index (κ1) is 20.1. The van der Waals surface area contributed by atoms with Crippen LogP contribution in [0.3, 0.4) is 0 Å². The number of carbonyl (C=O) groups is 1. The standard InChI is InChI=1S/C20H26N2O3S/c1-15(16-8-6-5-7-9-16)22-19(23)14-21-26(24,25)18-12-10-17(11-13-18)20(2,3)4/h5-13,15,21H,14H2,1-4H3,(H,22,23). The number of carbonyl (C=O) groups excluding carboxylic acids is 1. The van der Waals surface area contributed by atoms with Gasteiger partial charge in [0.15, 0.2) is 0 Å². The van der Waals surface area contributed by atoms with Crippen LogP contribution in [0, 0.1) is 0 Å². The Morgan fingerprint density at radius 2 is 1.58 bits per heavy atom. The smallest absolute Gasteiger partial charge is 0.241 e. The first-order valence-electron chi connectivity index (χ1n) is 8.54. The highest BCUT2D eigenvalue weighted by atomic mass is 32.2. The summed E-state index contributed by atoms with van der Waals surface area (Å²) >= 11 is 0. The van der Waals surface area contributed by atoms with Crippen LogP contribution in [0.1, 0.15) is 44.9 Å². The predicted molar refractivity (Wildman–Crippen MR) is 103 cm³/mol. The Morgan fingerprint density at radius 1 is 1.00 bits per heavy atom. The minimum absolute atomic E-state index is 0.0524. The lowest BCUT2D eigenvalue weighted by Gasteiger charge is -2.19. The van der Waals surface area contributed by atoms with E-state index < -0.39 is 10.0 Å². The lowest BCUT2D eigenvalue weighted by atomic mass is 9.87. The van der Waals surface area contributed by atoms with Gasteiger partial charge in [-0.3, -0.25) is 4.79 Å². The number of amides is 1. The molecule has 0 bridgehead atoms. The maximum atomic E-state index is 12.4. The van der Waals surface area contributed by atoms with Gasteiger partial charge < -0.3 is 5.32 Å². The lowest BCUT2D eigenvalue weighted by Crippen LogP contribution is -2.38. The average Bonchev–Trinajstić information content (AvgIpc) is 2.60. The molecular weight excluding hydrogens is 348 g/mol. The second kappa shape index (κ2) is 8.01. The molecule has 6 heteroatoms. The highest BCUT2D eigenvalue weighted by molar-refractivity contribution is 7.89. The van der Waals surface area contributed by atoms with Crippen LogP contribution in [0.15, 0.2) is 59.5 Å². The summed E-state index contributed by atoms with van der Waals surface area (Å²) in [4.78, 5) is 12.2. The zero-order valence-corrected chi connectivity index (χ0v) is 16.4. The Labute approximate surface area is 155 Å². The van der Waals surface area contributed by atoms with Crippen LogP contribution < -0.4 is 10.0 Å². The third-order valence-electron chi connectivity index (χ3n) is 4.13. The molecule has 0 aromatic heterocycles. The first-order valence-corrected chi connectivity index (χ1v) is 10.0. The van der Waals surface area contributed by atoms with Crippen molar-refractivity contribution in [3.8, 4) is 0 Å². The molecule has 26 heavy (non-hydrogen) atoms. The molecule has 0 spiro atoms. The average molecular weight is 375 g/mol. The van der Waals surface area contributed by atoms with Crippen LogP contribution in [0.5, 0.6) is 0 Å². The fraction of sp³-hybridized carbons (Fsp3) is 0.350. The summed E-state index contributed by atoms with van der Waals surface area (Å²) in [7, 11) is -3.73. The van der Waals surface area contributed by atoms with Crippen LogP contribution in [-0.4, -0.2) is 20.9 Å². The number of hydrogen-bond acceptors (Lipinski definition) is 3. The van der Waals surface area contributed by atoms with Crippen LogP contribution in [-0.2, 0) is 20.2 Å². The number of sulfonamides is 1. The summed E-state index contributed by atoms with van der Waals surface area (Å²) in [5, 5.41) is 2.78. The predicted octanol–water partition coefficient (Wildman–Crippen LogP) is 3.14. The molecule has 1 amide bonds. The summed E-state index contributed by atoms with van der Waals surface area (Å²) in [5.41, 5.74) is 1.95. The summed E-state index contributed by atoms with van der Waals surface area (Å²) in [5.74, 6) is -0.378. The molecule has 2 aromatic rings. The second-order valence-corrected chi connectivity index (χ2v) is 9.07. The molecule has 140 valence electrons. The van der Waals surface area contributed by atoms with Gasteiger partial charge in [0.05, 0.1) is 17.5 Å². The summed E-state index contributed by atoms with van der Waals surface area (Å²) in [6.45, 7) is 7.74. The van der Waals surface area contributed by atoms with Crippen LogP contribution in [0.4, 0.5) is 0 Å².